The molecule has 1 heterocycles. The van der Waals surface area contributed by atoms with E-state index in [1.54, 1.807) is 0 Å². The molecule has 0 saturated carbocycles. The van der Waals surface area contributed by atoms with Gasteiger partial charge in [0.25, 0.3) is 6.43 Å². The molecule has 1 rings (SSSR count). The Kier molecular flexibility index (Phi) is 3.72. The number of pyridine rings is 1. The van der Waals surface area contributed by atoms with E-state index < -0.39 is 24.2 Å². The van der Waals surface area contributed by atoms with Crippen LogP contribution in [0.15, 0.2) is 10.7 Å². The van der Waals surface area contributed by atoms with E-state index in [1.165, 1.54) is 6.92 Å². The largest absolute Gasteiger partial charge is 0.574 e. The van der Waals surface area contributed by atoms with Gasteiger partial charge in [0.05, 0.1) is 5.56 Å². The van der Waals surface area contributed by atoms with Crippen LogP contribution in [0.1, 0.15) is 17.6 Å². The molecule has 0 spiro atoms. The van der Waals surface area contributed by atoms with Gasteiger partial charge in [0.15, 0.2) is 0 Å². The van der Waals surface area contributed by atoms with E-state index in [4.69, 9.17) is 0 Å². The summed E-state index contributed by atoms with van der Waals surface area (Å²) >= 11 is 2.77. The highest BCUT2D eigenvalue weighted by atomic mass is 79.9. The van der Waals surface area contributed by atoms with E-state index in [0.29, 0.717) is 5.56 Å². The lowest BCUT2D eigenvalue weighted by atomic mass is 10.2. The van der Waals surface area contributed by atoms with Gasteiger partial charge in [-0.1, -0.05) is 0 Å². The normalized spacial score (nSPS) is 12.0. The van der Waals surface area contributed by atoms with Crippen LogP contribution >= 0.6 is 15.9 Å². The minimum Gasteiger partial charge on any atom is -0.387 e. The average Bonchev–Trinajstić information content (AvgIpc) is 2.08. The van der Waals surface area contributed by atoms with Crippen molar-refractivity contribution in [2.45, 2.75) is 19.7 Å². The Hall–Kier alpha value is -0.920. The number of rotatable bonds is 2. The molecular formula is C8H5BrF5NO. The van der Waals surface area contributed by atoms with Gasteiger partial charge < -0.3 is 4.74 Å². The van der Waals surface area contributed by atoms with Crippen molar-refractivity contribution in [1.29, 1.82) is 0 Å². The number of aryl methyl sites for hydroxylation is 1. The molecule has 0 amide bonds. The highest BCUT2D eigenvalue weighted by Gasteiger charge is 2.35. The van der Waals surface area contributed by atoms with Crippen molar-refractivity contribution in [3.05, 3.63) is 21.8 Å². The van der Waals surface area contributed by atoms with Crippen LogP contribution in [-0.4, -0.2) is 11.3 Å². The Morgan fingerprint density at radius 1 is 1.38 bits per heavy atom. The molecule has 0 aliphatic heterocycles. The van der Waals surface area contributed by atoms with Crippen LogP contribution in [0.5, 0.6) is 5.88 Å². The first-order valence-electron chi connectivity index (χ1n) is 3.91. The molecule has 0 aliphatic carbocycles. The molecule has 2 nitrogen and oxygen atoms in total. The first-order valence-corrected chi connectivity index (χ1v) is 4.70. The van der Waals surface area contributed by atoms with E-state index in [1.807, 2.05) is 0 Å². The molecule has 0 saturated heterocycles. The predicted molar refractivity (Wildman–Crippen MR) is 48.3 cm³/mol. The van der Waals surface area contributed by atoms with Crippen molar-refractivity contribution in [2.24, 2.45) is 0 Å². The fraction of sp³-hybridized carbons (Fsp3) is 0.375. The summed E-state index contributed by atoms with van der Waals surface area (Å²) in [6.07, 6.45) is -7.15. The Bertz CT molecular complexity index is 393. The maximum atomic E-state index is 12.5. The van der Waals surface area contributed by atoms with Crippen LogP contribution in [0.25, 0.3) is 0 Å². The molecule has 16 heavy (non-hydrogen) atoms. The summed E-state index contributed by atoms with van der Waals surface area (Å²) in [7, 11) is 0. The Morgan fingerprint density at radius 2 is 1.94 bits per heavy atom. The minimum atomic E-state index is -5.05. The second-order valence-electron chi connectivity index (χ2n) is 2.82. The molecule has 0 fully saturated rings. The SMILES string of the molecule is Cc1cnc(OC(F)(F)F)c(C(F)F)c1Br. The third kappa shape index (κ3) is 3.03. The lowest BCUT2D eigenvalue weighted by Crippen LogP contribution is -2.19. The standard InChI is InChI=1S/C8H5BrF5NO/c1-3-2-15-7(16-8(12,13)14)4(5(3)9)6(10)11/h2,6H,1H3. The highest BCUT2D eigenvalue weighted by Crippen LogP contribution is 2.37. The predicted octanol–water partition coefficient (Wildman–Crippen LogP) is 3.99. The van der Waals surface area contributed by atoms with Crippen LogP contribution in [-0.2, 0) is 0 Å². The number of hydrogen-bond acceptors (Lipinski definition) is 2. The van der Waals surface area contributed by atoms with Crippen LogP contribution in [0.4, 0.5) is 22.0 Å². The van der Waals surface area contributed by atoms with Crippen molar-refractivity contribution in [2.75, 3.05) is 0 Å². The van der Waals surface area contributed by atoms with Gasteiger partial charge in [-0.15, -0.1) is 13.2 Å². The van der Waals surface area contributed by atoms with Gasteiger partial charge in [-0.3, -0.25) is 0 Å². The first-order chi connectivity index (χ1) is 7.22. The number of nitrogens with zero attached hydrogens (tertiary/aromatic N) is 1. The van der Waals surface area contributed by atoms with E-state index in [-0.39, 0.29) is 4.47 Å². The second kappa shape index (κ2) is 4.52. The van der Waals surface area contributed by atoms with Crippen molar-refractivity contribution in [1.82, 2.24) is 4.98 Å². The monoisotopic (exact) mass is 305 g/mol. The molecule has 0 atom stereocenters. The van der Waals surface area contributed by atoms with Crippen LogP contribution in [0, 0.1) is 6.92 Å². The number of hydrogen-bond donors (Lipinski definition) is 0. The Morgan fingerprint density at radius 3 is 2.38 bits per heavy atom. The highest BCUT2D eigenvalue weighted by molar-refractivity contribution is 9.10. The quantitative estimate of drug-likeness (QED) is 0.771. The van der Waals surface area contributed by atoms with Gasteiger partial charge >= 0.3 is 6.36 Å². The summed E-state index contributed by atoms with van der Waals surface area (Å²) in [5.74, 6) is -1.14. The molecule has 1 aromatic rings. The lowest BCUT2D eigenvalue weighted by Gasteiger charge is -2.13. The number of aromatic nitrogens is 1. The molecule has 0 bridgehead atoms. The van der Waals surface area contributed by atoms with E-state index in [2.05, 4.69) is 25.7 Å². The zero-order valence-electron chi connectivity index (χ0n) is 7.78. The third-order valence-corrected chi connectivity index (χ3v) is 2.67. The zero-order chi connectivity index (χ0) is 12.5. The molecule has 0 radical (unpaired) electrons. The fourth-order valence-electron chi connectivity index (χ4n) is 0.968. The maximum absolute atomic E-state index is 12.5. The average molecular weight is 306 g/mol. The summed E-state index contributed by atoms with van der Waals surface area (Å²) in [5, 5.41) is 0. The fourth-order valence-corrected chi connectivity index (χ4v) is 1.41. The van der Waals surface area contributed by atoms with Gasteiger partial charge in [-0.05, 0) is 28.4 Å². The van der Waals surface area contributed by atoms with Crippen LogP contribution in [0.2, 0.25) is 0 Å². The van der Waals surface area contributed by atoms with Crippen LogP contribution in [0.3, 0.4) is 0 Å². The molecule has 0 N–H and O–H groups in total. The minimum absolute atomic E-state index is 0.142. The van der Waals surface area contributed by atoms with Crippen LogP contribution < -0.4 is 4.74 Å². The molecule has 8 heteroatoms. The zero-order valence-corrected chi connectivity index (χ0v) is 9.36. The second-order valence-corrected chi connectivity index (χ2v) is 3.62. The van der Waals surface area contributed by atoms with Crippen molar-refractivity contribution >= 4 is 15.9 Å². The summed E-state index contributed by atoms with van der Waals surface area (Å²) in [4.78, 5) is 3.19. The smallest absolute Gasteiger partial charge is 0.387 e. The Balaban J connectivity index is 3.24. The summed E-state index contributed by atoms with van der Waals surface area (Å²) in [6, 6.07) is 0. The molecule has 0 aromatic carbocycles. The number of halogens is 6. The molecule has 0 unspecified atom stereocenters. The summed E-state index contributed by atoms with van der Waals surface area (Å²) in [5.41, 5.74) is -0.609. The summed E-state index contributed by atoms with van der Waals surface area (Å²) in [6.45, 7) is 1.43. The van der Waals surface area contributed by atoms with E-state index in [0.717, 1.165) is 6.20 Å². The van der Waals surface area contributed by atoms with Gasteiger partial charge in [-0.25, -0.2) is 13.8 Å². The lowest BCUT2D eigenvalue weighted by molar-refractivity contribution is -0.276. The van der Waals surface area contributed by atoms with Gasteiger partial charge in [0, 0.05) is 10.7 Å². The molecule has 1 aromatic heterocycles. The summed E-state index contributed by atoms with van der Waals surface area (Å²) < 4.78 is 64.0. The van der Waals surface area contributed by atoms with Crippen molar-refractivity contribution in [3.63, 3.8) is 0 Å². The molecule has 90 valence electrons. The molecule has 0 aliphatic rings. The van der Waals surface area contributed by atoms with Gasteiger partial charge in [-0.2, -0.15) is 0 Å². The molecular weight excluding hydrogens is 301 g/mol. The third-order valence-electron chi connectivity index (χ3n) is 1.62. The first kappa shape index (κ1) is 13.1. The van der Waals surface area contributed by atoms with E-state index in [9.17, 15) is 22.0 Å². The van der Waals surface area contributed by atoms with Gasteiger partial charge in [0.1, 0.15) is 0 Å². The van der Waals surface area contributed by atoms with Crippen molar-refractivity contribution < 1.29 is 26.7 Å². The number of alkyl halides is 5. The Labute approximate surface area is 95.6 Å². The van der Waals surface area contributed by atoms with Crippen molar-refractivity contribution in [3.8, 4) is 5.88 Å². The van der Waals surface area contributed by atoms with Gasteiger partial charge in [0.2, 0.25) is 5.88 Å². The maximum Gasteiger partial charge on any atom is 0.574 e. The number of ether oxygens (including phenoxy) is 1. The topological polar surface area (TPSA) is 22.1 Å². The van der Waals surface area contributed by atoms with E-state index >= 15 is 0 Å².